The Morgan fingerprint density at radius 2 is 2.05 bits per heavy atom. The summed E-state index contributed by atoms with van der Waals surface area (Å²) in [5, 5.41) is 16.4. The molecule has 0 aliphatic carbocycles. The maximum atomic E-state index is 11.9. The van der Waals surface area contributed by atoms with Crippen molar-refractivity contribution in [1.29, 1.82) is 0 Å². The van der Waals surface area contributed by atoms with Crippen molar-refractivity contribution in [2.24, 2.45) is 0 Å². The number of carboxylic acid groups (broad SMARTS) is 1. The van der Waals surface area contributed by atoms with Gasteiger partial charge < -0.3 is 33.2 Å². The Balaban J connectivity index is 0.00000180. The van der Waals surface area contributed by atoms with Crippen LogP contribution in [0, 0.1) is 0 Å². The van der Waals surface area contributed by atoms with E-state index in [1.807, 2.05) is 0 Å². The Kier molecular flexibility index (Phi) is 9.70. The van der Waals surface area contributed by atoms with Crippen LogP contribution in [0.4, 0.5) is 5.69 Å². The number of anilines is 1. The zero-order valence-electron chi connectivity index (χ0n) is 11.5. The number of carbonyl (C=O) groups is 2. The average Bonchev–Trinajstić information content (AvgIpc) is 2.76. The minimum Gasteiger partial charge on any atom is -0.788 e. The van der Waals surface area contributed by atoms with Crippen LogP contribution in [0.3, 0.4) is 0 Å². The summed E-state index contributed by atoms with van der Waals surface area (Å²) < 4.78 is 0. The molecular formula is C12H12N2Na2O3S. The van der Waals surface area contributed by atoms with Crippen LogP contribution in [-0.2, 0) is 17.4 Å². The third-order valence-corrected chi connectivity index (χ3v) is 3.13. The molecular weight excluding hydrogens is 298 g/mol. The fourth-order valence-corrected chi connectivity index (χ4v) is 2.14. The zero-order valence-corrected chi connectivity index (χ0v) is 16.3. The Bertz CT molecular complexity index is 488. The van der Waals surface area contributed by atoms with Gasteiger partial charge in [0.05, 0.1) is 12.0 Å². The summed E-state index contributed by atoms with van der Waals surface area (Å²) in [4.78, 5) is 22.5. The van der Waals surface area contributed by atoms with Crippen molar-refractivity contribution in [2.45, 2.75) is 17.7 Å². The first-order valence-electron chi connectivity index (χ1n) is 5.58. The van der Waals surface area contributed by atoms with Crippen molar-refractivity contribution in [3.63, 3.8) is 0 Å². The molecule has 20 heavy (non-hydrogen) atoms. The number of hydrogen-bond donors (Lipinski definition) is 2. The van der Waals surface area contributed by atoms with E-state index < -0.39 is 5.97 Å². The summed E-state index contributed by atoms with van der Waals surface area (Å²) in [6, 6.07) is 5.66. The number of carboxylic acids is 1. The monoisotopic (exact) mass is 310 g/mol. The molecule has 2 atom stereocenters. The minimum atomic E-state index is -1.27. The predicted molar refractivity (Wildman–Crippen MR) is 67.0 cm³/mol. The molecule has 0 spiro atoms. The molecule has 1 aliphatic heterocycles. The second-order valence-corrected chi connectivity index (χ2v) is 4.84. The van der Waals surface area contributed by atoms with Crippen LogP contribution in [0.2, 0.25) is 0 Å². The number of benzene rings is 1. The third-order valence-electron chi connectivity index (χ3n) is 2.77. The molecule has 1 heterocycles. The van der Waals surface area contributed by atoms with E-state index in [4.69, 9.17) is 12.6 Å². The second kappa shape index (κ2) is 9.48. The Hall–Kier alpha value is 0.470. The van der Waals surface area contributed by atoms with Crippen LogP contribution in [0.25, 0.3) is 0 Å². The SMILES string of the molecule is O=C([O-])c1cccc(NC(=O)[C@@H]2C[C@H]([S-])CN2)c1.[Na+].[Na+]. The van der Waals surface area contributed by atoms with E-state index in [0.29, 0.717) is 18.7 Å². The molecule has 1 aromatic rings. The normalized spacial score (nSPS) is 20.4. The smallest absolute Gasteiger partial charge is 0.788 e. The molecule has 0 saturated carbocycles. The molecule has 5 nitrogen and oxygen atoms in total. The van der Waals surface area contributed by atoms with Gasteiger partial charge in [0, 0.05) is 5.69 Å². The molecule has 1 fully saturated rings. The Morgan fingerprint density at radius 3 is 2.60 bits per heavy atom. The van der Waals surface area contributed by atoms with Gasteiger partial charge in [-0.05, 0) is 30.7 Å². The van der Waals surface area contributed by atoms with Crippen molar-refractivity contribution in [3.05, 3.63) is 29.8 Å². The van der Waals surface area contributed by atoms with E-state index >= 15 is 0 Å². The number of carbonyl (C=O) groups excluding carboxylic acids is 2. The fraction of sp³-hybridized carbons (Fsp3) is 0.333. The van der Waals surface area contributed by atoms with Gasteiger partial charge in [0.25, 0.3) is 0 Å². The van der Waals surface area contributed by atoms with Gasteiger partial charge in [-0.15, -0.1) is 5.25 Å². The summed E-state index contributed by atoms with van der Waals surface area (Å²) in [7, 11) is 0. The summed E-state index contributed by atoms with van der Waals surface area (Å²) in [5.41, 5.74) is 0.477. The van der Waals surface area contributed by atoms with Crippen molar-refractivity contribution in [3.8, 4) is 0 Å². The van der Waals surface area contributed by atoms with E-state index in [1.165, 1.54) is 12.1 Å². The van der Waals surface area contributed by atoms with Gasteiger partial charge in [-0.25, -0.2) is 0 Å². The van der Waals surface area contributed by atoms with Crippen LogP contribution >= 0.6 is 0 Å². The van der Waals surface area contributed by atoms with Crippen molar-refractivity contribution in [2.75, 3.05) is 11.9 Å². The van der Waals surface area contributed by atoms with Crippen LogP contribution in [0.5, 0.6) is 0 Å². The van der Waals surface area contributed by atoms with Crippen molar-refractivity contribution in [1.82, 2.24) is 5.32 Å². The van der Waals surface area contributed by atoms with Gasteiger partial charge in [0.1, 0.15) is 0 Å². The van der Waals surface area contributed by atoms with E-state index in [1.54, 1.807) is 12.1 Å². The summed E-state index contributed by atoms with van der Waals surface area (Å²) in [5.74, 6) is -1.46. The third kappa shape index (κ3) is 5.69. The first-order chi connectivity index (χ1) is 8.56. The molecule has 2 rings (SSSR count). The van der Waals surface area contributed by atoms with Crippen LogP contribution in [0.1, 0.15) is 16.8 Å². The van der Waals surface area contributed by atoms with Crippen LogP contribution in [-0.4, -0.2) is 29.7 Å². The Labute approximate surface area is 167 Å². The van der Waals surface area contributed by atoms with Gasteiger partial charge in [0.15, 0.2) is 0 Å². The van der Waals surface area contributed by atoms with Gasteiger partial charge in [-0.2, -0.15) is 0 Å². The number of hydrogen-bond acceptors (Lipinski definition) is 5. The largest absolute Gasteiger partial charge is 1.00 e. The molecule has 1 amide bonds. The first-order valence-corrected chi connectivity index (χ1v) is 6.05. The predicted octanol–water partition coefficient (Wildman–Crippen LogP) is -6.73. The quantitative estimate of drug-likeness (QED) is 0.428. The van der Waals surface area contributed by atoms with E-state index in [-0.39, 0.29) is 81.9 Å². The standard InChI is InChI=1S/C12H14N2O3S.2Na/c15-11(10-5-9(18)6-13-10)14-8-3-1-2-7(4-8)12(16)17;;/h1-4,9-10,13,18H,5-6H2,(H,14,15)(H,16,17);;/q;2*+1/p-2/t9-,10-;;/m0../s1. The summed E-state index contributed by atoms with van der Waals surface area (Å²) in [6.45, 7) is 0.645. The molecule has 2 N–H and O–H groups in total. The molecule has 0 aromatic heterocycles. The van der Waals surface area contributed by atoms with Gasteiger partial charge in [-0.1, -0.05) is 12.1 Å². The Morgan fingerprint density at radius 1 is 1.35 bits per heavy atom. The molecule has 1 aliphatic rings. The van der Waals surface area contributed by atoms with Gasteiger partial charge in [0.2, 0.25) is 5.91 Å². The number of aromatic carboxylic acids is 1. The van der Waals surface area contributed by atoms with Gasteiger partial charge >= 0.3 is 59.1 Å². The molecule has 0 unspecified atom stereocenters. The molecule has 1 saturated heterocycles. The zero-order chi connectivity index (χ0) is 13.1. The van der Waals surface area contributed by atoms with E-state index in [9.17, 15) is 14.7 Å². The van der Waals surface area contributed by atoms with Crippen LogP contribution in [0.15, 0.2) is 24.3 Å². The fourth-order valence-electron chi connectivity index (χ4n) is 1.86. The number of rotatable bonds is 3. The molecule has 0 bridgehead atoms. The van der Waals surface area contributed by atoms with Gasteiger partial charge in [-0.3, -0.25) is 4.79 Å². The molecule has 8 heteroatoms. The van der Waals surface area contributed by atoms with Crippen molar-refractivity contribution >= 4 is 30.2 Å². The molecule has 0 radical (unpaired) electrons. The second-order valence-electron chi connectivity index (χ2n) is 4.18. The summed E-state index contributed by atoms with van der Waals surface area (Å²) in [6.07, 6.45) is 0.612. The minimum absolute atomic E-state index is 0. The molecule has 1 aromatic carbocycles. The topological polar surface area (TPSA) is 81.3 Å². The van der Waals surface area contributed by atoms with Crippen LogP contribution < -0.4 is 74.9 Å². The molecule has 96 valence electrons. The maximum absolute atomic E-state index is 11.9. The maximum Gasteiger partial charge on any atom is 1.00 e. The average molecular weight is 310 g/mol. The number of amides is 1. The van der Waals surface area contributed by atoms with Crippen molar-refractivity contribution < 1.29 is 73.8 Å². The first kappa shape index (κ1) is 20.5. The van der Waals surface area contributed by atoms with E-state index in [2.05, 4.69) is 10.6 Å². The van der Waals surface area contributed by atoms with E-state index in [0.717, 1.165) is 0 Å². The number of nitrogens with one attached hydrogen (secondary N) is 2. The summed E-state index contributed by atoms with van der Waals surface area (Å²) >= 11 is 5.09.